The minimum absolute atomic E-state index is 0.201. The lowest BCUT2D eigenvalue weighted by molar-refractivity contribution is -0.778. The molecule has 2 N–H and O–H groups in total. The van der Waals surface area contributed by atoms with Gasteiger partial charge in [0.2, 0.25) is 5.71 Å². The predicted molar refractivity (Wildman–Crippen MR) is 53.1 cm³/mol. The second kappa shape index (κ2) is 6.58. The van der Waals surface area contributed by atoms with Crippen LogP contribution in [0.25, 0.3) is 0 Å². The van der Waals surface area contributed by atoms with E-state index < -0.39 is 12.1 Å². The maximum atomic E-state index is 10.8. The van der Waals surface area contributed by atoms with Crippen molar-refractivity contribution in [1.29, 1.82) is 0 Å². The number of hydrogen-bond donors (Lipinski definition) is 1. The molecular weight excluding hydrogens is 200 g/mol. The molecule has 0 aliphatic carbocycles. The fraction of sp³-hybridized carbons (Fsp3) is 0.444. The first kappa shape index (κ1) is 13.2. The molecule has 0 aromatic rings. The van der Waals surface area contributed by atoms with Crippen molar-refractivity contribution in [2.24, 2.45) is 5.73 Å². The van der Waals surface area contributed by atoms with Crippen molar-refractivity contribution in [3.8, 4) is 0 Å². The monoisotopic (exact) mass is 215 g/mol. The van der Waals surface area contributed by atoms with E-state index in [9.17, 15) is 9.59 Å². The summed E-state index contributed by atoms with van der Waals surface area (Å²) in [7, 11) is 0. The summed E-state index contributed by atoms with van der Waals surface area (Å²) in [5, 5.41) is 0. The number of amides is 1. The molecule has 6 nitrogen and oxygen atoms in total. The fourth-order valence-corrected chi connectivity index (χ4v) is 0.681. The third-order valence-electron chi connectivity index (χ3n) is 1.63. The number of hydrogen-bond acceptors (Lipinski definition) is 4. The second-order valence-electron chi connectivity index (χ2n) is 2.67. The van der Waals surface area contributed by atoms with Gasteiger partial charge in [-0.3, -0.25) is 0 Å². The summed E-state index contributed by atoms with van der Waals surface area (Å²) < 4.78 is 5.81. The molecule has 15 heavy (non-hydrogen) atoms. The van der Waals surface area contributed by atoms with Gasteiger partial charge >= 0.3 is 18.8 Å². The van der Waals surface area contributed by atoms with Crippen LogP contribution in [0, 0.1) is 0 Å². The van der Waals surface area contributed by atoms with Crippen LogP contribution in [0.5, 0.6) is 0 Å². The lowest BCUT2D eigenvalue weighted by Crippen LogP contribution is -2.29. The van der Waals surface area contributed by atoms with Gasteiger partial charge in [0, 0.05) is 24.2 Å². The number of rotatable bonds is 5. The van der Waals surface area contributed by atoms with Crippen molar-refractivity contribution >= 4 is 17.8 Å². The molecule has 0 bridgehead atoms. The van der Waals surface area contributed by atoms with E-state index in [-0.39, 0.29) is 6.73 Å². The predicted octanol–water partition coefficient (Wildman–Crippen LogP) is 0.567. The summed E-state index contributed by atoms with van der Waals surface area (Å²) in [5.74, 6) is -0.600. The van der Waals surface area contributed by atoms with E-state index in [0.29, 0.717) is 12.1 Å². The highest BCUT2D eigenvalue weighted by Gasteiger charge is 2.16. The Hall–Kier alpha value is -1.85. The molecule has 0 fully saturated rings. The lowest BCUT2D eigenvalue weighted by atomic mass is 10.3. The Kier molecular flexibility index (Phi) is 5.77. The molecule has 84 valence electrons. The second-order valence-corrected chi connectivity index (χ2v) is 2.67. The molecule has 0 atom stereocenters. The van der Waals surface area contributed by atoms with E-state index in [0.717, 1.165) is 10.8 Å². The summed E-state index contributed by atoms with van der Waals surface area (Å²) in [6.07, 6.45) is 0.695. The molecule has 1 amide bonds. The molecule has 0 saturated heterocycles. The van der Waals surface area contributed by atoms with Gasteiger partial charge in [-0.15, -0.1) is 0 Å². The normalized spacial score (nSPS) is 11.3. The highest BCUT2D eigenvalue weighted by atomic mass is 16.7. The van der Waals surface area contributed by atoms with Crippen LogP contribution in [0.3, 0.4) is 0 Å². The summed E-state index contributed by atoms with van der Waals surface area (Å²) in [5.41, 5.74) is 5.56. The Balaban J connectivity index is 4.45. The summed E-state index contributed by atoms with van der Waals surface area (Å²) >= 11 is 0. The fourth-order valence-electron chi connectivity index (χ4n) is 0.681. The smallest absolute Gasteiger partial charge is 0.398 e. The highest BCUT2D eigenvalue weighted by Crippen LogP contribution is 1.91. The van der Waals surface area contributed by atoms with E-state index in [4.69, 9.17) is 10.5 Å². The first-order valence-corrected chi connectivity index (χ1v) is 4.37. The molecular formula is C9H15N2O4+. The van der Waals surface area contributed by atoms with Crippen molar-refractivity contribution in [2.45, 2.75) is 20.3 Å². The van der Waals surface area contributed by atoms with Crippen LogP contribution in [0.4, 0.5) is 4.79 Å². The van der Waals surface area contributed by atoms with Gasteiger partial charge in [-0.1, -0.05) is 13.5 Å². The molecule has 0 unspecified atom stereocenters. The number of nitrogens with two attached hydrogens (primary N) is 1. The van der Waals surface area contributed by atoms with Crippen LogP contribution >= 0.6 is 0 Å². The molecule has 0 rings (SSSR count). The summed E-state index contributed by atoms with van der Waals surface area (Å²) in [6, 6.07) is 0. The number of esters is 1. The van der Waals surface area contributed by atoms with Crippen molar-refractivity contribution < 1.29 is 23.9 Å². The van der Waals surface area contributed by atoms with E-state index in [1.54, 1.807) is 6.92 Å². The number of hydroxylamine groups is 1. The minimum atomic E-state index is -0.961. The van der Waals surface area contributed by atoms with Crippen molar-refractivity contribution in [1.82, 2.24) is 0 Å². The van der Waals surface area contributed by atoms with Crippen LogP contribution in [-0.2, 0) is 14.4 Å². The number of primary amides is 1. The molecule has 0 saturated carbocycles. The average Bonchev–Trinajstić information content (AvgIpc) is 2.21. The van der Waals surface area contributed by atoms with Gasteiger partial charge in [0.25, 0.3) is 0 Å². The highest BCUT2D eigenvalue weighted by molar-refractivity contribution is 5.81. The lowest BCUT2D eigenvalue weighted by Gasteiger charge is -2.02. The molecule has 0 aliphatic heterocycles. The van der Waals surface area contributed by atoms with Gasteiger partial charge in [-0.25, -0.2) is 9.59 Å². The Bertz CT molecular complexity index is 296. The van der Waals surface area contributed by atoms with Crippen molar-refractivity contribution in [3.05, 3.63) is 12.7 Å². The molecule has 6 heteroatoms. The van der Waals surface area contributed by atoms with Crippen molar-refractivity contribution in [2.75, 3.05) is 6.73 Å². The molecule has 0 aromatic heterocycles. The van der Waals surface area contributed by atoms with E-state index in [1.807, 2.05) is 6.92 Å². The van der Waals surface area contributed by atoms with Crippen LogP contribution in [0.2, 0.25) is 0 Å². The molecule has 0 aromatic carbocycles. The Labute approximate surface area is 87.9 Å². The molecule has 0 heterocycles. The van der Waals surface area contributed by atoms with Gasteiger partial charge in [0.05, 0.1) is 0 Å². The minimum Gasteiger partial charge on any atom is -0.398 e. The van der Waals surface area contributed by atoms with Gasteiger partial charge in [-0.05, 0) is 0 Å². The average molecular weight is 215 g/mol. The number of nitrogens with zero attached hydrogens (tertiary/aromatic N) is 1. The molecule has 0 spiro atoms. The SMILES string of the molecule is C=CC(=O)OC[N+](OC(N)=O)=C(C)CC. The summed E-state index contributed by atoms with van der Waals surface area (Å²) in [6.45, 7) is 6.62. The standard InChI is InChI=1S/C9H14N2O4/c1-4-7(3)11(15-9(10)13)6-14-8(12)5-2/h5H,2,4,6H2,1,3H3,(H-,10,13)/p+1. The van der Waals surface area contributed by atoms with Crippen LogP contribution in [-0.4, -0.2) is 29.2 Å². The Morgan fingerprint density at radius 3 is 2.53 bits per heavy atom. The topological polar surface area (TPSA) is 81.6 Å². The number of carbonyl (C=O) groups is 2. The Morgan fingerprint density at radius 1 is 1.53 bits per heavy atom. The van der Waals surface area contributed by atoms with Gasteiger partial charge < -0.3 is 10.5 Å². The Morgan fingerprint density at radius 2 is 2.13 bits per heavy atom. The number of ether oxygens (including phenoxy) is 1. The van der Waals surface area contributed by atoms with Gasteiger partial charge in [0.15, 0.2) is 0 Å². The maximum absolute atomic E-state index is 10.8. The number of carbonyl (C=O) groups excluding carboxylic acids is 2. The first-order chi connectivity index (χ1) is 7.01. The largest absolute Gasteiger partial charge is 0.472 e. The quantitative estimate of drug-likeness (QED) is 0.138. The molecule has 0 radical (unpaired) electrons. The first-order valence-electron chi connectivity index (χ1n) is 4.37. The third kappa shape index (κ3) is 5.45. The van der Waals surface area contributed by atoms with E-state index in [2.05, 4.69) is 11.4 Å². The van der Waals surface area contributed by atoms with Crippen LogP contribution < -0.4 is 5.73 Å². The van der Waals surface area contributed by atoms with E-state index >= 15 is 0 Å². The molecule has 0 aliphatic rings. The zero-order valence-electron chi connectivity index (χ0n) is 8.86. The maximum Gasteiger partial charge on any atom is 0.472 e. The van der Waals surface area contributed by atoms with Gasteiger partial charge in [-0.2, -0.15) is 4.84 Å². The van der Waals surface area contributed by atoms with Crippen LogP contribution in [0.1, 0.15) is 20.3 Å². The third-order valence-corrected chi connectivity index (χ3v) is 1.63. The van der Waals surface area contributed by atoms with E-state index in [1.165, 1.54) is 0 Å². The van der Waals surface area contributed by atoms with Crippen molar-refractivity contribution in [3.63, 3.8) is 0 Å². The van der Waals surface area contributed by atoms with Gasteiger partial charge in [0.1, 0.15) is 0 Å². The van der Waals surface area contributed by atoms with Crippen LogP contribution in [0.15, 0.2) is 12.7 Å². The summed E-state index contributed by atoms with van der Waals surface area (Å²) in [4.78, 5) is 25.9. The zero-order chi connectivity index (χ0) is 11.8. The zero-order valence-corrected chi connectivity index (χ0v) is 8.86.